The molecule has 3 aromatic carbocycles. The van der Waals surface area contributed by atoms with Gasteiger partial charge in [0.2, 0.25) is 5.91 Å². The lowest BCUT2D eigenvalue weighted by molar-refractivity contribution is -0.114. The molecule has 32 heavy (non-hydrogen) atoms. The first kappa shape index (κ1) is 23.8. The van der Waals surface area contributed by atoms with Gasteiger partial charge in [0.1, 0.15) is 17.2 Å². The zero-order chi connectivity index (χ0) is 23.5. The molecule has 0 fully saturated rings. The summed E-state index contributed by atoms with van der Waals surface area (Å²) in [6.45, 7) is 5.26. The Morgan fingerprint density at radius 1 is 1.00 bits per heavy atom. The van der Waals surface area contributed by atoms with E-state index in [1.807, 2.05) is 26.0 Å². The van der Waals surface area contributed by atoms with Crippen LogP contribution in [0.3, 0.4) is 0 Å². The number of nitrogens with one attached hydrogen (secondary N) is 1. The van der Waals surface area contributed by atoms with E-state index in [9.17, 15) is 13.2 Å². The molecule has 3 rings (SSSR count). The lowest BCUT2D eigenvalue weighted by Crippen LogP contribution is -2.38. The monoisotopic (exact) mass is 516 g/mol. The fourth-order valence-electron chi connectivity index (χ4n) is 3.20. The third-order valence-electron chi connectivity index (χ3n) is 5.06. The van der Waals surface area contributed by atoms with Gasteiger partial charge in [-0.15, -0.1) is 0 Å². The van der Waals surface area contributed by atoms with Gasteiger partial charge in [0.15, 0.2) is 0 Å². The number of sulfonamides is 1. The molecule has 0 bridgehead atoms. The molecule has 0 aliphatic rings. The van der Waals surface area contributed by atoms with Crippen LogP contribution in [-0.2, 0) is 14.8 Å². The minimum absolute atomic E-state index is 0.00786. The number of carbonyl (C=O) groups is 1. The van der Waals surface area contributed by atoms with Crippen molar-refractivity contribution in [2.75, 3.05) is 23.3 Å². The van der Waals surface area contributed by atoms with Gasteiger partial charge >= 0.3 is 0 Å². The summed E-state index contributed by atoms with van der Waals surface area (Å²) < 4.78 is 34.8. The molecule has 168 valence electrons. The molecule has 3 aromatic rings. The van der Waals surface area contributed by atoms with Gasteiger partial charge in [-0.05, 0) is 79.9 Å². The van der Waals surface area contributed by atoms with E-state index in [0.29, 0.717) is 11.4 Å². The number of carbonyl (C=O) groups excluding carboxylic acids is 1. The minimum atomic E-state index is -4.11. The van der Waals surface area contributed by atoms with Crippen LogP contribution < -0.4 is 14.4 Å². The largest absolute Gasteiger partial charge is 0.495 e. The molecular weight excluding hydrogens is 492 g/mol. The maximum Gasteiger partial charge on any atom is 0.268 e. The second kappa shape index (κ2) is 9.75. The number of benzene rings is 3. The van der Waals surface area contributed by atoms with Crippen LogP contribution in [0.5, 0.6) is 5.75 Å². The van der Waals surface area contributed by atoms with E-state index < -0.39 is 22.5 Å². The molecular formula is C24H25BrN2O4S. The maximum atomic E-state index is 13.8. The Labute approximate surface area is 197 Å². The summed E-state index contributed by atoms with van der Waals surface area (Å²) in [5, 5.41) is 2.77. The van der Waals surface area contributed by atoms with Gasteiger partial charge in [0.05, 0.1) is 12.8 Å². The highest BCUT2D eigenvalue weighted by molar-refractivity contribution is 9.10. The third kappa shape index (κ3) is 5.31. The summed E-state index contributed by atoms with van der Waals surface area (Å²) in [6.07, 6.45) is 0. The van der Waals surface area contributed by atoms with Crippen molar-refractivity contribution < 1.29 is 17.9 Å². The fourth-order valence-corrected chi connectivity index (χ4v) is 5.25. The number of rotatable bonds is 7. The Balaban J connectivity index is 2.05. The van der Waals surface area contributed by atoms with Crippen LogP contribution in [0.15, 0.2) is 70.0 Å². The Kier molecular flexibility index (Phi) is 7.26. The summed E-state index contributed by atoms with van der Waals surface area (Å²) in [5.74, 6) is -0.242. The maximum absolute atomic E-state index is 13.8. The van der Waals surface area contributed by atoms with Crippen molar-refractivity contribution in [3.63, 3.8) is 0 Å². The molecule has 1 amide bonds. The van der Waals surface area contributed by atoms with Crippen molar-refractivity contribution in [2.24, 2.45) is 0 Å². The van der Waals surface area contributed by atoms with Crippen molar-refractivity contribution in [1.29, 1.82) is 0 Å². The smallest absolute Gasteiger partial charge is 0.268 e. The van der Waals surface area contributed by atoms with Gasteiger partial charge < -0.3 is 10.1 Å². The molecule has 0 saturated carbocycles. The number of ether oxygens (including phenoxy) is 1. The first-order valence-corrected chi connectivity index (χ1v) is 12.1. The van der Waals surface area contributed by atoms with E-state index in [1.165, 1.54) is 7.11 Å². The highest BCUT2D eigenvalue weighted by Gasteiger charge is 2.30. The van der Waals surface area contributed by atoms with Crippen molar-refractivity contribution in [3.05, 3.63) is 81.8 Å². The average Bonchev–Trinajstić information content (AvgIpc) is 2.74. The molecule has 0 radical (unpaired) electrons. The second-order valence-electron chi connectivity index (χ2n) is 7.49. The molecule has 6 nitrogen and oxygen atoms in total. The standard InChI is InChI=1S/C24H25BrN2O4S/c1-16-8-11-22(31-4)23(12-16)32(29,30)27(21-10-9-17(2)18(3)13-21)15-24(28)26-20-7-5-6-19(25)14-20/h5-14H,15H2,1-4H3,(H,26,28). The molecule has 0 aromatic heterocycles. The average molecular weight is 517 g/mol. The van der Waals surface area contributed by atoms with Crippen LogP contribution in [0.1, 0.15) is 16.7 Å². The Bertz CT molecular complexity index is 1260. The number of anilines is 2. The molecule has 0 unspecified atom stereocenters. The van der Waals surface area contributed by atoms with Crippen molar-refractivity contribution in [1.82, 2.24) is 0 Å². The summed E-state index contributed by atoms with van der Waals surface area (Å²) in [4.78, 5) is 12.9. The first-order chi connectivity index (χ1) is 15.1. The number of methoxy groups -OCH3 is 1. The number of nitrogens with zero attached hydrogens (tertiary/aromatic N) is 1. The van der Waals surface area contributed by atoms with Crippen LogP contribution in [0.2, 0.25) is 0 Å². The zero-order valence-corrected chi connectivity index (χ0v) is 20.7. The summed E-state index contributed by atoms with van der Waals surface area (Å²) >= 11 is 3.37. The predicted molar refractivity (Wildman–Crippen MR) is 131 cm³/mol. The van der Waals surface area contributed by atoms with Gasteiger partial charge in [-0.3, -0.25) is 9.10 Å². The van der Waals surface area contributed by atoms with E-state index >= 15 is 0 Å². The van der Waals surface area contributed by atoms with Crippen LogP contribution in [-0.4, -0.2) is 28.0 Å². The van der Waals surface area contributed by atoms with Crippen LogP contribution in [0, 0.1) is 20.8 Å². The molecule has 0 atom stereocenters. The highest BCUT2D eigenvalue weighted by Crippen LogP contribution is 2.31. The van der Waals surface area contributed by atoms with Crippen molar-refractivity contribution >= 4 is 43.2 Å². The molecule has 0 aliphatic carbocycles. The molecule has 0 heterocycles. The Morgan fingerprint density at radius 2 is 1.75 bits per heavy atom. The topological polar surface area (TPSA) is 75.7 Å². The van der Waals surface area contributed by atoms with E-state index in [1.54, 1.807) is 55.5 Å². The minimum Gasteiger partial charge on any atom is -0.495 e. The molecule has 0 aliphatic heterocycles. The normalized spacial score (nSPS) is 11.2. The fraction of sp³-hybridized carbons (Fsp3) is 0.208. The SMILES string of the molecule is COc1ccc(C)cc1S(=O)(=O)N(CC(=O)Nc1cccc(Br)c1)c1ccc(C)c(C)c1. The Morgan fingerprint density at radius 3 is 2.41 bits per heavy atom. The summed E-state index contributed by atoms with van der Waals surface area (Å²) in [5.41, 5.74) is 3.68. The van der Waals surface area contributed by atoms with Gasteiger partial charge in [-0.1, -0.05) is 34.1 Å². The lowest BCUT2D eigenvalue weighted by Gasteiger charge is -2.26. The van der Waals surface area contributed by atoms with Crippen molar-refractivity contribution in [3.8, 4) is 5.75 Å². The van der Waals surface area contributed by atoms with Crippen LogP contribution >= 0.6 is 15.9 Å². The molecule has 0 saturated heterocycles. The second-order valence-corrected chi connectivity index (χ2v) is 10.2. The number of amides is 1. The van der Waals surface area contributed by atoms with Gasteiger partial charge in [-0.2, -0.15) is 0 Å². The van der Waals surface area contributed by atoms with Crippen LogP contribution in [0.4, 0.5) is 11.4 Å². The van der Waals surface area contributed by atoms with E-state index in [-0.39, 0.29) is 10.6 Å². The van der Waals surface area contributed by atoms with E-state index in [4.69, 9.17) is 4.74 Å². The summed E-state index contributed by atoms with van der Waals surface area (Å²) in [7, 11) is -2.69. The van der Waals surface area contributed by atoms with Gasteiger partial charge in [0, 0.05) is 10.2 Å². The molecule has 8 heteroatoms. The first-order valence-electron chi connectivity index (χ1n) is 9.92. The number of hydrogen-bond donors (Lipinski definition) is 1. The van der Waals surface area contributed by atoms with E-state index in [2.05, 4.69) is 21.2 Å². The highest BCUT2D eigenvalue weighted by atomic mass is 79.9. The summed E-state index contributed by atoms with van der Waals surface area (Å²) in [6, 6.07) is 17.4. The third-order valence-corrected chi connectivity index (χ3v) is 7.35. The van der Waals surface area contributed by atoms with Crippen molar-refractivity contribution in [2.45, 2.75) is 25.7 Å². The Hall–Kier alpha value is -2.84. The number of halogens is 1. The molecule has 1 N–H and O–H groups in total. The van der Waals surface area contributed by atoms with Crippen LogP contribution in [0.25, 0.3) is 0 Å². The van der Waals surface area contributed by atoms with E-state index in [0.717, 1.165) is 25.5 Å². The van der Waals surface area contributed by atoms with Gasteiger partial charge in [0.25, 0.3) is 10.0 Å². The molecule has 0 spiro atoms. The number of hydrogen-bond acceptors (Lipinski definition) is 4. The van der Waals surface area contributed by atoms with Gasteiger partial charge in [-0.25, -0.2) is 8.42 Å². The lowest BCUT2D eigenvalue weighted by atomic mass is 10.1. The quantitative estimate of drug-likeness (QED) is 0.467. The predicted octanol–water partition coefficient (Wildman–Crippen LogP) is 5.22. The number of aryl methyl sites for hydroxylation is 3. The zero-order valence-electron chi connectivity index (χ0n) is 18.3.